The first kappa shape index (κ1) is 13.8. The van der Waals surface area contributed by atoms with E-state index >= 15 is 0 Å². The van der Waals surface area contributed by atoms with Gasteiger partial charge in [0.15, 0.2) is 0 Å². The van der Waals surface area contributed by atoms with Crippen molar-refractivity contribution >= 4 is 11.7 Å². The maximum Gasteiger partial charge on any atom is 0.339 e. The summed E-state index contributed by atoms with van der Waals surface area (Å²) in [4.78, 5) is 17.9. The monoisotopic (exact) mass is 264 g/mol. The van der Waals surface area contributed by atoms with E-state index in [1.54, 1.807) is 6.92 Å². The molecule has 5 heteroatoms. The molecule has 0 spiro atoms. The fraction of sp³-hybridized carbons (Fsp3) is 0.571. The van der Waals surface area contributed by atoms with Crippen LogP contribution in [0.15, 0.2) is 6.07 Å². The van der Waals surface area contributed by atoms with Crippen LogP contribution in [0.5, 0.6) is 0 Å². The molecule has 0 aliphatic carbocycles. The first-order chi connectivity index (χ1) is 8.83. The van der Waals surface area contributed by atoms with E-state index in [1.807, 2.05) is 13.0 Å². The number of hydrogen-bond acceptors (Lipinski definition) is 4. The lowest BCUT2D eigenvalue weighted by atomic mass is 9.99. The second-order valence-corrected chi connectivity index (χ2v) is 5.56. The lowest BCUT2D eigenvalue weighted by molar-refractivity contribution is 0.0629. The molecule has 104 valence electrons. The van der Waals surface area contributed by atoms with E-state index in [2.05, 4.69) is 23.7 Å². The first-order valence-corrected chi connectivity index (χ1v) is 6.40. The van der Waals surface area contributed by atoms with Crippen molar-refractivity contribution < 1.29 is 14.6 Å². The Kier molecular flexibility index (Phi) is 3.49. The molecule has 0 saturated carbocycles. The van der Waals surface area contributed by atoms with Gasteiger partial charge in [0, 0.05) is 12.2 Å². The number of aryl methyl sites for hydroxylation is 2. The van der Waals surface area contributed by atoms with E-state index in [0.29, 0.717) is 31.0 Å². The molecule has 1 saturated heterocycles. The van der Waals surface area contributed by atoms with Crippen LogP contribution in [0.2, 0.25) is 0 Å². The summed E-state index contributed by atoms with van der Waals surface area (Å²) in [5, 5.41) is 9.44. The summed E-state index contributed by atoms with van der Waals surface area (Å²) in [5.41, 5.74) is 2.21. The fourth-order valence-electron chi connectivity index (χ4n) is 2.59. The zero-order valence-electron chi connectivity index (χ0n) is 11.9. The summed E-state index contributed by atoms with van der Waals surface area (Å²) >= 11 is 0. The number of nitrogens with zero attached hydrogens (tertiary/aromatic N) is 2. The molecule has 0 bridgehead atoms. The Morgan fingerprint density at radius 2 is 2.16 bits per heavy atom. The molecule has 1 aromatic heterocycles. The Hall–Kier alpha value is -1.62. The van der Waals surface area contributed by atoms with Crippen LogP contribution in [0.1, 0.15) is 35.6 Å². The van der Waals surface area contributed by atoms with Crippen LogP contribution in [0.25, 0.3) is 0 Å². The van der Waals surface area contributed by atoms with Crippen molar-refractivity contribution in [3.8, 4) is 0 Å². The van der Waals surface area contributed by atoms with E-state index in [4.69, 9.17) is 4.74 Å². The maximum atomic E-state index is 11.5. The standard InChI is InChI=1S/C14H20N2O3/c1-9-7-11(12(13(17)18)10(2)15-9)16-5-6-19-8-14(16,3)4/h7H,5-6,8H2,1-4H3,(H,17,18). The Bertz CT molecular complexity index is 512. The minimum atomic E-state index is -0.928. The minimum Gasteiger partial charge on any atom is -0.478 e. The summed E-state index contributed by atoms with van der Waals surface area (Å²) in [6, 6.07) is 1.85. The van der Waals surface area contributed by atoms with Crippen molar-refractivity contribution in [3.05, 3.63) is 23.0 Å². The van der Waals surface area contributed by atoms with Crippen LogP contribution < -0.4 is 4.90 Å². The van der Waals surface area contributed by atoms with Gasteiger partial charge in [0.25, 0.3) is 0 Å². The highest BCUT2D eigenvalue weighted by molar-refractivity contribution is 5.96. The summed E-state index contributed by atoms with van der Waals surface area (Å²) in [7, 11) is 0. The van der Waals surface area contributed by atoms with Crippen LogP contribution in [0.4, 0.5) is 5.69 Å². The number of ether oxygens (including phenoxy) is 1. The molecule has 19 heavy (non-hydrogen) atoms. The topological polar surface area (TPSA) is 62.7 Å². The van der Waals surface area contributed by atoms with Gasteiger partial charge in [0.05, 0.1) is 30.1 Å². The van der Waals surface area contributed by atoms with Crippen LogP contribution in [-0.2, 0) is 4.74 Å². The predicted octanol–water partition coefficient (Wildman–Crippen LogP) is 2.01. The van der Waals surface area contributed by atoms with Gasteiger partial charge in [0.1, 0.15) is 5.56 Å². The zero-order valence-corrected chi connectivity index (χ0v) is 11.9. The third-order valence-electron chi connectivity index (χ3n) is 3.46. The average molecular weight is 264 g/mol. The van der Waals surface area contributed by atoms with Crippen molar-refractivity contribution in [2.24, 2.45) is 0 Å². The number of morpholine rings is 1. The molecular weight excluding hydrogens is 244 g/mol. The summed E-state index contributed by atoms with van der Waals surface area (Å²) in [6.45, 7) is 9.64. The Morgan fingerprint density at radius 1 is 1.47 bits per heavy atom. The molecule has 0 radical (unpaired) electrons. The van der Waals surface area contributed by atoms with Crippen LogP contribution >= 0.6 is 0 Å². The lowest BCUT2D eigenvalue weighted by Crippen LogP contribution is -2.53. The Labute approximate surface area is 113 Å². The molecule has 1 aliphatic heterocycles. The second-order valence-electron chi connectivity index (χ2n) is 5.56. The van der Waals surface area contributed by atoms with Gasteiger partial charge in [-0.05, 0) is 33.8 Å². The molecule has 1 N–H and O–H groups in total. The second kappa shape index (κ2) is 4.81. The lowest BCUT2D eigenvalue weighted by Gasteiger charge is -2.44. The number of carbonyl (C=O) groups is 1. The summed E-state index contributed by atoms with van der Waals surface area (Å²) in [6.07, 6.45) is 0. The van der Waals surface area contributed by atoms with Gasteiger partial charge in [-0.1, -0.05) is 0 Å². The third kappa shape index (κ3) is 2.56. The van der Waals surface area contributed by atoms with Gasteiger partial charge in [-0.3, -0.25) is 4.98 Å². The van der Waals surface area contributed by atoms with E-state index in [9.17, 15) is 9.90 Å². The normalized spacial score (nSPS) is 18.4. The van der Waals surface area contributed by atoms with Gasteiger partial charge in [-0.2, -0.15) is 0 Å². The van der Waals surface area contributed by atoms with E-state index in [1.165, 1.54) is 0 Å². The van der Waals surface area contributed by atoms with Gasteiger partial charge in [0.2, 0.25) is 0 Å². The number of hydrogen-bond donors (Lipinski definition) is 1. The number of anilines is 1. The largest absolute Gasteiger partial charge is 0.478 e. The highest BCUT2D eigenvalue weighted by atomic mass is 16.5. The molecule has 2 rings (SSSR count). The van der Waals surface area contributed by atoms with Gasteiger partial charge < -0.3 is 14.7 Å². The molecule has 5 nitrogen and oxygen atoms in total. The zero-order chi connectivity index (χ0) is 14.2. The van der Waals surface area contributed by atoms with Crippen molar-refractivity contribution in [2.75, 3.05) is 24.7 Å². The van der Waals surface area contributed by atoms with E-state index in [-0.39, 0.29) is 5.54 Å². The highest BCUT2D eigenvalue weighted by Crippen LogP contribution is 2.31. The van der Waals surface area contributed by atoms with Gasteiger partial charge in [-0.25, -0.2) is 4.79 Å². The number of pyridine rings is 1. The van der Waals surface area contributed by atoms with Gasteiger partial charge >= 0.3 is 5.97 Å². The number of carboxylic acids is 1. The number of rotatable bonds is 2. The molecule has 0 aromatic carbocycles. The molecule has 0 atom stereocenters. The van der Waals surface area contributed by atoms with Crippen molar-refractivity contribution in [1.29, 1.82) is 0 Å². The first-order valence-electron chi connectivity index (χ1n) is 6.40. The van der Waals surface area contributed by atoms with Crippen molar-refractivity contribution in [1.82, 2.24) is 4.98 Å². The summed E-state index contributed by atoms with van der Waals surface area (Å²) in [5.74, 6) is -0.928. The smallest absolute Gasteiger partial charge is 0.339 e. The highest BCUT2D eigenvalue weighted by Gasteiger charge is 2.33. The Balaban J connectivity index is 2.57. The van der Waals surface area contributed by atoms with Crippen LogP contribution in [0.3, 0.4) is 0 Å². The van der Waals surface area contributed by atoms with Gasteiger partial charge in [-0.15, -0.1) is 0 Å². The fourth-order valence-corrected chi connectivity index (χ4v) is 2.59. The van der Waals surface area contributed by atoms with Crippen LogP contribution in [0, 0.1) is 13.8 Å². The predicted molar refractivity (Wildman–Crippen MR) is 72.9 cm³/mol. The van der Waals surface area contributed by atoms with Crippen LogP contribution in [-0.4, -0.2) is 41.4 Å². The molecule has 2 heterocycles. The third-order valence-corrected chi connectivity index (χ3v) is 3.46. The average Bonchev–Trinajstić information content (AvgIpc) is 2.26. The van der Waals surface area contributed by atoms with E-state index < -0.39 is 5.97 Å². The van der Waals surface area contributed by atoms with Crippen molar-refractivity contribution in [3.63, 3.8) is 0 Å². The summed E-state index contributed by atoms with van der Waals surface area (Å²) < 4.78 is 5.49. The molecule has 1 fully saturated rings. The molecule has 1 aliphatic rings. The quantitative estimate of drug-likeness (QED) is 0.885. The molecular formula is C14H20N2O3. The molecule has 0 amide bonds. The van der Waals surface area contributed by atoms with E-state index in [0.717, 1.165) is 11.4 Å². The molecule has 1 aromatic rings. The van der Waals surface area contributed by atoms with Crippen molar-refractivity contribution in [2.45, 2.75) is 33.2 Å². The SMILES string of the molecule is Cc1cc(N2CCOCC2(C)C)c(C(=O)O)c(C)n1. The molecule has 0 unspecified atom stereocenters. The maximum absolute atomic E-state index is 11.5. The number of aromatic carboxylic acids is 1. The number of aromatic nitrogens is 1. The number of carboxylic acid groups (broad SMARTS) is 1. The Morgan fingerprint density at radius 3 is 2.74 bits per heavy atom. The minimum absolute atomic E-state index is 0.220.